The number of nitrogens with zero attached hydrogens (tertiary/aromatic N) is 5. The van der Waals surface area contributed by atoms with E-state index in [-0.39, 0.29) is 62.0 Å². The maximum Gasteiger partial charge on any atom is 0.412 e. The van der Waals surface area contributed by atoms with Crippen molar-refractivity contribution >= 4 is 77.2 Å². The van der Waals surface area contributed by atoms with Crippen LogP contribution in [-0.2, 0) is 65.4 Å². The third-order valence-corrected chi connectivity index (χ3v) is 17.5. The number of ether oxygens (including phenoxy) is 8. The zero-order valence-corrected chi connectivity index (χ0v) is 54.7. The highest BCUT2D eigenvalue weighted by molar-refractivity contribution is 6.35. The second-order valence-corrected chi connectivity index (χ2v) is 24.2. The molecule has 28 nitrogen and oxygen atoms in total. The van der Waals surface area contributed by atoms with Gasteiger partial charge in [0.05, 0.1) is 43.3 Å². The molecule has 93 heavy (non-hydrogen) atoms. The van der Waals surface area contributed by atoms with E-state index in [0.717, 1.165) is 52.4 Å². The molecule has 0 unspecified atom stereocenters. The minimum atomic E-state index is -1.92. The van der Waals surface area contributed by atoms with Crippen LogP contribution in [0.4, 0.5) is 24.9 Å². The van der Waals surface area contributed by atoms with Crippen molar-refractivity contribution in [1.29, 1.82) is 0 Å². The lowest BCUT2D eigenvalue weighted by Crippen LogP contribution is -2.63. The molecule has 29 heteroatoms. The van der Waals surface area contributed by atoms with E-state index >= 15 is 0 Å². The Morgan fingerprint density at radius 1 is 0.957 bits per heavy atom. The van der Waals surface area contributed by atoms with Crippen molar-refractivity contribution in [2.45, 2.75) is 140 Å². The molecule has 4 heterocycles. The predicted molar refractivity (Wildman–Crippen MR) is 336 cm³/mol. The molecule has 10 atom stereocenters. The fraction of sp³-hybridized carbons (Fsp3) is 0.531. The number of fused-ring (bicyclic) bond motifs is 5. The van der Waals surface area contributed by atoms with E-state index in [0.29, 0.717) is 29.8 Å². The average molecular weight is 1320 g/mol. The van der Waals surface area contributed by atoms with Gasteiger partial charge in [0, 0.05) is 92.0 Å². The molecule has 0 spiro atoms. The van der Waals surface area contributed by atoms with E-state index in [4.69, 9.17) is 55.2 Å². The summed E-state index contributed by atoms with van der Waals surface area (Å²) in [6, 6.07) is 5.54. The highest BCUT2D eigenvalue weighted by Crippen LogP contribution is 2.49. The lowest BCUT2D eigenvalue weighted by Gasteiger charge is -2.42. The Morgan fingerprint density at radius 3 is 2.34 bits per heavy atom. The van der Waals surface area contributed by atoms with Crippen LogP contribution < -0.4 is 36.1 Å². The summed E-state index contributed by atoms with van der Waals surface area (Å²) < 4.78 is 45.9. The lowest BCUT2D eigenvalue weighted by atomic mass is 9.83. The molecule has 0 aromatic heterocycles. The number of methoxy groups -OCH3 is 2. The summed E-state index contributed by atoms with van der Waals surface area (Å²) in [4.78, 5) is 138. The highest BCUT2D eigenvalue weighted by atomic mass is 35.5. The minimum absolute atomic E-state index is 0.0411. The number of likely N-dealkylation sites (N-methyl/N-ethyl adjacent to an activating group) is 3. The zero-order valence-electron chi connectivity index (χ0n) is 53.9. The smallest absolute Gasteiger partial charge is 0.412 e. The number of aliphatic hydroxyl groups is 1. The molecular formula is C64H84ClN9O19. The summed E-state index contributed by atoms with van der Waals surface area (Å²) in [6.07, 6.45) is 6.36. The zero-order chi connectivity index (χ0) is 68.1. The SMILES string of the molecule is COc1cc2cc(c1Cl)N(C)C(=O)C[C@H](OC(=O)[C@H](C)N(C)C(=O)CCOC(=O)N(C)CCN(C)C(=O)OCc1ccc(OC(=O)N[C@H]3CCCC/C=C/[C@@H]3N)c(C(=O)NCCN3C(=O)C=CC3=O)c1)[C@]1(C)O[C@H]1[C@H](C)[C@@H]1C[C@@](O)(NC(=O)O1)[C@H](OC)/C=C/C=C(\C)C2. The van der Waals surface area contributed by atoms with Crippen molar-refractivity contribution in [2.24, 2.45) is 11.7 Å². The molecular weight excluding hydrogens is 1230 g/mol. The number of nitrogens with one attached hydrogen (secondary N) is 3. The first-order valence-electron chi connectivity index (χ1n) is 30.5. The maximum atomic E-state index is 14.4. The molecule has 2 fully saturated rings. The number of hydrogen-bond donors (Lipinski definition) is 5. The first-order chi connectivity index (χ1) is 44.1. The molecule has 506 valence electrons. The van der Waals surface area contributed by atoms with Crippen LogP contribution in [0.15, 0.2) is 78.4 Å². The molecule has 0 radical (unpaired) electrons. The van der Waals surface area contributed by atoms with Gasteiger partial charge in [0.2, 0.25) is 11.8 Å². The van der Waals surface area contributed by atoms with Gasteiger partial charge in [0.15, 0.2) is 5.72 Å². The number of carbonyl (C=O) groups excluding carboxylic acids is 10. The van der Waals surface area contributed by atoms with Gasteiger partial charge in [-0.15, -0.1) is 0 Å². The largest absolute Gasteiger partial charge is 0.495 e. The normalized spacial score (nSPS) is 26.2. The van der Waals surface area contributed by atoms with Crippen LogP contribution in [0.1, 0.15) is 94.1 Å². The summed E-state index contributed by atoms with van der Waals surface area (Å²) >= 11 is 6.83. The molecule has 2 aromatic carbocycles. The molecule has 5 aliphatic rings. The average Bonchev–Trinajstić information content (AvgIpc) is 1.68. The number of epoxide rings is 1. The Hall–Kier alpha value is -8.57. The second kappa shape index (κ2) is 31.8. The second-order valence-electron chi connectivity index (χ2n) is 23.8. The molecule has 1 aliphatic carbocycles. The maximum absolute atomic E-state index is 14.4. The van der Waals surface area contributed by atoms with Crippen LogP contribution in [-0.4, -0.2) is 214 Å². The number of alkyl carbamates (subject to hydrolysis) is 1. The van der Waals surface area contributed by atoms with Gasteiger partial charge in [-0.2, -0.15) is 0 Å². The third kappa shape index (κ3) is 18.4. The van der Waals surface area contributed by atoms with Crippen molar-refractivity contribution in [3.8, 4) is 11.5 Å². The van der Waals surface area contributed by atoms with Gasteiger partial charge in [-0.1, -0.05) is 67.0 Å². The number of halogens is 1. The van der Waals surface area contributed by atoms with Crippen molar-refractivity contribution in [1.82, 2.24) is 35.6 Å². The van der Waals surface area contributed by atoms with Gasteiger partial charge in [-0.25, -0.2) is 24.0 Å². The fourth-order valence-corrected chi connectivity index (χ4v) is 11.4. The van der Waals surface area contributed by atoms with Crippen LogP contribution in [0, 0.1) is 5.92 Å². The van der Waals surface area contributed by atoms with E-state index in [2.05, 4.69) is 16.0 Å². The number of nitrogens with two attached hydrogens (primary N) is 1. The van der Waals surface area contributed by atoms with Gasteiger partial charge in [-0.3, -0.25) is 34.2 Å². The fourth-order valence-electron chi connectivity index (χ4n) is 11.1. The predicted octanol–water partition coefficient (Wildman–Crippen LogP) is 4.81. The van der Waals surface area contributed by atoms with Gasteiger partial charge in [-0.05, 0) is 81.8 Å². The number of esters is 1. The Bertz CT molecular complexity index is 3270. The van der Waals surface area contributed by atoms with Gasteiger partial charge in [0.25, 0.3) is 17.7 Å². The van der Waals surface area contributed by atoms with Crippen molar-refractivity contribution < 1.29 is 90.9 Å². The Labute approximate surface area is 544 Å². The van der Waals surface area contributed by atoms with Crippen LogP contribution in [0.25, 0.3) is 0 Å². The molecule has 6 N–H and O–H groups in total. The lowest BCUT2D eigenvalue weighted by molar-refractivity contribution is -0.162. The summed E-state index contributed by atoms with van der Waals surface area (Å²) in [5.41, 5.74) is 5.13. The van der Waals surface area contributed by atoms with Crippen LogP contribution in [0.5, 0.6) is 11.5 Å². The quantitative estimate of drug-likeness (QED) is 0.0414. The van der Waals surface area contributed by atoms with Gasteiger partial charge in [0.1, 0.15) is 59.7 Å². The molecule has 2 saturated heterocycles. The van der Waals surface area contributed by atoms with E-state index in [1.165, 1.54) is 82.2 Å². The topological polar surface area (TPSA) is 346 Å². The monoisotopic (exact) mass is 1320 g/mol. The standard InChI is InChI=1S/C64H84ClN9O19/c1-37-16-15-19-49(87-10)64(85)35-48(91-60(82)69-64)38(2)56-63(4,93-56)50(34-54(78)73(8)45-32-41(30-37)33-47(86-9)55(45)65)92-58(80)39(3)72(7)51(75)24-29-88-61(83)70(5)27-28-71(6)62(84)89-36-40-20-21-46(90-59(81)68-44-18-14-12-11-13-17-43(44)66)42(31-40)57(79)67-25-26-74-52(76)22-23-53(74)77/h13,15-17,19-23,31-33,38-39,43-44,48-50,56,85H,11-12,14,18,24-30,34-36,66H2,1-10H3,(H,67,79)(H,68,81)(H,69,82)/b17-13+,19-15+,37-16+/t38-,39+,43+,44+,48+,49-,50+,56+,63+,64+/m1/s1. The van der Waals surface area contributed by atoms with E-state index in [1.54, 1.807) is 38.1 Å². The van der Waals surface area contributed by atoms with E-state index < -0.39 is 133 Å². The number of anilines is 1. The Balaban J connectivity index is 0.929. The molecule has 2 aromatic rings. The molecule has 4 bridgehead atoms. The number of rotatable bonds is 19. The summed E-state index contributed by atoms with van der Waals surface area (Å²) in [6.45, 7) is 5.60. The first-order valence-corrected chi connectivity index (χ1v) is 30.9. The summed E-state index contributed by atoms with van der Waals surface area (Å²) in [5.74, 6) is -4.31. The number of allylic oxidation sites excluding steroid dienone is 4. The molecule has 7 rings (SSSR count). The molecule has 9 amide bonds. The number of imide groups is 1. The van der Waals surface area contributed by atoms with Gasteiger partial charge < -0.3 is 79.0 Å². The number of carbonyl (C=O) groups is 10. The number of hydrogen-bond acceptors (Lipinski definition) is 20. The first kappa shape index (κ1) is 71.9. The Morgan fingerprint density at radius 2 is 1.66 bits per heavy atom. The summed E-state index contributed by atoms with van der Waals surface area (Å²) in [7, 11) is 8.55. The van der Waals surface area contributed by atoms with E-state index in [1.807, 2.05) is 25.2 Å². The van der Waals surface area contributed by atoms with Crippen LogP contribution in [0.2, 0.25) is 5.02 Å². The number of benzene rings is 2. The van der Waals surface area contributed by atoms with E-state index in [9.17, 15) is 53.1 Å². The Kier molecular flexibility index (Phi) is 24.6. The number of amides is 9. The minimum Gasteiger partial charge on any atom is -0.495 e. The third-order valence-electron chi connectivity index (χ3n) is 17.1. The molecule has 0 saturated carbocycles. The van der Waals surface area contributed by atoms with Gasteiger partial charge >= 0.3 is 30.3 Å². The van der Waals surface area contributed by atoms with Crippen molar-refractivity contribution in [2.75, 3.05) is 80.1 Å². The highest BCUT2D eigenvalue weighted by Gasteiger charge is 2.64. The van der Waals surface area contributed by atoms with Crippen molar-refractivity contribution in [3.63, 3.8) is 0 Å². The van der Waals surface area contributed by atoms with Crippen LogP contribution in [0.3, 0.4) is 0 Å². The summed E-state index contributed by atoms with van der Waals surface area (Å²) in [5, 5.41) is 19.9. The van der Waals surface area contributed by atoms with Crippen LogP contribution >= 0.6 is 11.6 Å². The molecule has 4 aliphatic heterocycles. The van der Waals surface area contributed by atoms with Crippen molar-refractivity contribution in [3.05, 3.63) is 100 Å².